The molecule has 0 saturated heterocycles. The molecule has 0 unspecified atom stereocenters. The van der Waals surface area contributed by atoms with E-state index in [1.165, 1.54) is 11.8 Å². The van der Waals surface area contributed by atoms with Crippen LogP contribution in [0.2, 0.25) is 0 Å². The SMILES string of the molecule is CCn1c(SCCC(=O)Nc2ncccc2C)nc2ccccc2c1=O. The average Bonchev–Trinajstić information content (AvgIpc) is 2.64. The minimum absolute atomic E-state index is 0.0471. The molecule has 1 N–H and O–H groups in total. The zero-order valence-electron chi connectivity index (χ0n) is 14.7. The summed E-state index contributed by atoms with van der Waals surface area (Å²) in [6, 6.07) is 11.0. The highest BCUT2D eigenvalue weighted by molar-refractivity contribution is 7.99. The summed E-state index contributed by atoms with van der Waals surface area (Å²) in [4.78, 5) is 33.5. The minimum Gasteiger partial charge on any atom is -0.310 e. The van der Waals surface area contributed by atoms with Gasteiger partial charge in [0.1, 0.15) is 5.82 Å². The molecule has 2 aromatic heterocycles. The molecule has 7 heteroatoms. The second-order valence-corrected chi connectivity index (χ2v) is 6.84. The first-order chi connectivity index (χ1) is 12.6. The highest BCUT2D eigenvalue weighted by Crippen LogP contribution is 2.19. The molecule has 6 nitrogen and oxygen atoms in total. The number of thioether (sulfide) groups is 1. The van der Waals surface area contributed by atoms with Crippen molar-refractivity contribution in [3.8, 4) is 0 Å². The summed E-state index contributed by atoms with van der Waals surface area (Å²) in [7, 11) is 0. The van der Waals surface area contributed by atoms with Crippen molar-refractivity contribution in [3.63, 3.8) is 0 Å². The van der Waals surface area contributed by atoms with Gasteiger partial charge in [-0.1, -0.05) is 30.0 Å². The van der Waals surface area contributed by atoms with Gasteiger partial charge in [0.2, 0.25) is 5.91 Å². The van der Waals surface area contributed by atoms with Gasteiger partial charge in [-0.2, -0.15) is 0 Å². The van der Waals surface area contributed by atoms with Crippen LogP contribution in [0.1, 0.15) is 18.9 Å². The van der Waals surface area contributed by atoms with Gasteiger partial charge in [-0.3, -0.25) is 14.2 Å². The number of nitrogens with zero attached hydrogens (tertiary/aromatic N) is 3. The van der Waals surface area contributed by atoms with Crippen LogP contribution in [0.25, 0.3) is 10.9 Å². The van der Waals surface area contributed by atoms with Crippen molar-refractivity contribution in [2.24, 2.45) is 0 Å². The molecular formula is C19H20N4O2S. The van der Waals surface area contributed by atoms with Crippen LogP contribution in [-0.2, 0) is 11.3 Å². The maximum absolute atomic E-state index is 12.6. The molecule has 26 heavy (non-hydrogen) atoms. The zero-order chi connectivity index (χ0) is 18.5. The van der Waals surface area contributed by atoms with Crippen molar-refractivity contribution in [2.75, 3.05) is 11.1 Å². The molecular weight excluding hydrogens is 348 g/mol. The lowest BCUT2D eigenvalue weighted by Gasteiger charge is -2.11. The van der Waals surface area contributed by atoms with Gasteiger partial charge in [0.25, 0.3) is 5.56 Å². The third-order valence-corrected chi connectivity index (χ3v) is 4.95. The van der Waals surface area contributed by atoms with Crippen molar-refractivity contribution in [2.45, 2.75) is 32.0 Å². The molecule has 134 valence electrons. The monoisotopic (exact) mass is 368 g/mol. The van der Waals surface area contributed by atoms with Crippen molar-refractivity contribution in [1.29, 1.82) is 0 Å². The molecule has 0 fully saturated rings. The Morgan fingerprint density at radius 3 is 2.81 bits per heavy atom. The number of hydrogen-bond acceptors (Lipinski definition) is 5. The number of rotatable bonds is 6. The van der Waals surface area contributed by atoms with E-state index in [-0.39, 0.29) is 11.5 Å². The number of hydrogen-bond donors (Lipinski definition) is 1. The van der Waals surface area contributed by atoms with Crippen LogP contribution in [0.15, 0.2) is 52.5 Å². The maximum Gasteiger partial charge on any atom is 0.262 e. The Labute approximate surface area is 155 Å². The molecule has 0 saturated carbocycles. The van der Waals surface area contributed by atoms with E-state index >= 15 is 0 Å². The van der Waals surface area contributed by atoms with Gasteiger partial charge < -0.3 is 5.32 Å². The van der Waals surface area contributed by atoms with Gasteiger partial charge in [0.05, 0.1) is 10.9 Å². The molecule has 0 atom stereocenters. The van der Waals surface area contributed by atoms with Gasteiger partial charge in [-0.25, -0.2) is 9.97 Å². The Balaban J connectivity index is 1.69. The molecule has 2 heterocycles. The van der Waals surface area contributed by atoms with Crippen molar-refractivity contribution < 1.29 is 4.79 Å². The summed E-state index contributed by atoms with van der Waals surface area (Å²) in [5.41, 5.74) is 1.55. The maximum atomic E-state index is 12.6. The molecule has 0 spiro atoms. The highest BCUT2D eigenvalue weighted by atomic mass is 32.2. The van der Waals surface area contributed by atoms with Crippen LogP contribution in [0.3, 0.4) is 0 Å². The van der Waals surface area contributed by atoms with Gasteiger partial charge in [0, 0.05) is 24.9 Å². The molecule has 0 radical (unpaired) electrons. The van der Waals surface area contributed by atoms with Gasteiger partial charge in [0.15, 0.2) is 5.16 Å². The molecule has 0 aliphatic carbocycles. The van der Waals surface area contributed by atoms with Gasteiger partial charge in [-0.15, -0.1) is 0 Å². The fourth-order valence-corrected chi connectivity index (χ4v) is 3.58. The molecule has 0 bridgehead atoms. The number of para-hydroxylation sites is 1. The number of fused-ring (bicyclic) bond motifs is 1. The van der Waals surface area contributed by atoms with E-state index in [4.69, 9.17) is 0 Å². The van der Waals surface area contributed by atoms with Crippen LogP contribution < -0.4 is 10.9 Å². The predicted molar refractivity (Wildman–Crippen MR) is 105 cm³/mol. The van der Waals surface area contributed by atoms with E-state index in [2.05, 4.69) is 15.3 Å². The molecule has 1 amide bonds. The third kappa shape index (κ3) is 3.94. The van der Waals surface area contributed by atoms with Crippen LogP contribution >= 0.6 is 11.8 Å². The number of amides is 1. The summed E-state index contributed by atoms with van der Waals surface area (Å²) < 4.78 is 1.65. The Morgan fingerprint density at radius 2 is 2.04 bits per heavy atom. The van der Waals surface area contributed by atoms with E-state index in [0.29, 0.717) is 40.6 Å². The van der Waals surface area contributed by atoms with Gasteiger partial charge in [-0.05, 0) is 37.6 Å². The lowest BCUT2D eigenvalue weighted by Crippen LogP contribution is -2.22. The Kier molecular flexibility index (Phi) is 5.68. The third-order valence-electron chi connectivity index (χ3n) is 3.97. The number of anilines is 1. The topological polar surface area (TPSA) is 76.9 Å². The number of carbonyl (C=O) groups excluding carboxylic acids is 1. The van der Waals surface area contributed by atoms with Crippen molar-refractivity contribution in [3.05, 3.63) is 58.5 Å². The fraction of sp³-hybridized carbons (Fsp3) is 0.263. The number of aryl methyl sites for hydroxylation is 1. The molecule has 0 aliphatic heterocycles. The lowest BCUT2D eigenvalue weighted by molar-refractivity contribution is -0.115. The van der Waals surface area contributed by atoms with E-state index in [1.54, 1.807) is 16.8 Å². The first-order valence-corrected chi connectivity index (χ1v) is 9.42. The Hall–Kier alpha value is -2.67. The fourth-order valence-electron chi connectivity index (χ4n) is 2.58. The summed E-state index contributed by atoms with van der Waals surface area (Å²) in [5.74, 6) is 1.00. The smallest absolute Gasteiger partial charge is 0.262 e. The van der Waals surface area contributed by atoms with Crippen LogP contribution in [0.4, 0.5) is 5.82 Å². The zero-order valence-corrected chi connectivity index (χ0v) is 15.5. The van der Waals surface area contributed by atoms with E-state index in [0.717, 1.165) is 5.56 Å². The minimum atomic E-state index is -0.106. The number of pyridine rings is 1. The predicted octanol–water partition coefficient (Wildman–Crippen LogP) is 3.24. The molecule has 1 aromatic carbocycles. The summed E-state index contributed by atoms with van der Waals surface area (Å²) >= 11 is 1.41. The number of carbonyl (C=O) groups is 1. The number of nitrogens with one attached hydrogen (secondary N) is 1. The Morgan fingerprint density at radius 1 is 1.23 bits per heavy atom. The van der Waals surface area contributed by atoms with Gasteiger partial charge >= 0.3 is 0 Å². The van der Waals surface area contributed by atoms with E-state index in [9.17, 15) is 9.59 Å². The summed E-state index contributed by atoms with van der Waals surface area (Å²) in [5, 5.41) is 4.06. The number of benzene rings is 1. The first kappa shape index (κ1) is 18.1. The lowest BCUT2D eigenvalue weighted by atomic mass is 10.2. The quantitative estimate of drug-likeness (QED) is 0.534. The van der Waals surface area contributed by atoms with Crippen LogP contribution in [-0.4, -0.2) is 26.2 Å². The normalized spacial score (nSPS) is 10.8. The average molecular weight is 368 g/mol. The second-order valence-electron chi connectivity index (χ2n) is 5.78. The van der Waals surface area contributed by atoms with Crippen LogP contribution in [0, 0.1) is 6.92 Å². The Bertz CT molecular complexity index is 1000. The number of aromatic nitrogens is 3. The van der Waals surface area contributed by atoms with Crippen molar-refractivity contribution in [1.82, 2.24) is 14.5 Å². The van der Waals surface area contributed by atoms with Crippen LogP contribution in [0.5, 0.6) is 0 Å². The summed E-state index contributed by atoms with van der Waals surface area (Å²) in [6.45, 7) is 4.35. The molecule has 3 rings (SSSR count). The second kappa shape index (κ2) is 8.14. The largest absolute Gasteiger partial charge is 0.310 e. The van der Waals surface area contributed by atoms with Crippen molar-refractivity contribution >= 4 is 34.4 Å². The van der Waals surface area contributed by atoms with E-state index < -0.39 is 0 Å². The molecule has 3 aromatic rings. The van der Waals surface area contributed by atoms with E-state index in [1.807, 2.05) is 44.2 Å². The standard InChI is InChI=1S/C19H20N4O2S/c1-3-23-18(25)14-8-4-5-9-15(14)21-19(23)26-12-10-16(24)22-17-13(2)7-6-11-20-17/h4-9,11H,3,10,12H2,1-2H3,(H,20,22,24). The first-order valence-electron chi connectivity index (χ1n) is 8.44. The summed E-state index contributed by atoms with van der Waals surface area (Å²) in [6.07, 6.45) is 1.96. The highest BCUT2D eigenvalue weighted by Gasteiger charge is 2.11. The molecule has 0 aliphatic rings.